The lowest BCUT2D eigenvalue weighted by Crippen LogP contribution is -2.40. The first-order valence-corrected chi connectivity index (χ1v) is 5.97. The van der Waals surface area contributed by atoms with Gasteiger partial charge >= 0.3 is 5.97 Å². The Morgan fingerprint density at radius 2 is 2.17 bits per heavy atom. The Kier molecular flexibility index (Phi) is 4.88. The van der Waals surface area contributed by atoms with E-state index in [1.165, 1.54) is 0 Å². The standard InChI is InChI=1S/C12H19N3O3/c1-4-10(12(17)18)13-11(16)5-6-15-9(3)7-8(2)14-15/h7,10H,4-6H2,1-3H3,(H,13,16)(H,17,18). The lowest BCUT2D eigenvalue weighted by atomic mass is 10.2. The third kappa shape index (κ3) is 3.87. The predicted octanol–water partition coefficient (Wildman–Crippen LogP) is 0.869. The van der Waals surface area contributed by atoms with Crippen molar-refractivity contribution in [1.82, 2.24) is 15.1 Å². The Labute approximate surface area is 106 Å². The highest BCUT2D eigenvalue weighted by Gasteiger charge is 2.17. The minimum atomic E-state index is -1.00. The van der Waals surface area contributed by atoms with Crippen molar-refractivity contribution in [1.29, 1.82) is 0 Å². The maximum Gasteiger partial charge on any atom is 0.326 e. The molecular formula is C12H19N3O3. The summed E-state index contributed by atoms with van der Waals surface area (Å²) in [7, 11) is 0. The number of rotatable bonds is 6. The van der Waals surface area contributed by atoms with Crippen molar-refractivity contribution in [2.45, 2.75) is 46.2 Å². The second kappa shape index (κ2) is 6.18. The number of carbonyl (C=O) groups is 2. The van der Waals surface area contributed by atoms with E-state index in [2.05, 4.69) is 10.4 Å². The zero-order valence-corrected chi connectivity index (χ0v) is 10.9. The molecule has 0 fully saturated rings. The number of carboxylic acids is 1. The summed E-state index contributed by atoms with van der Waals surface area (Å²) < 4.78 is 1.75. The molecule has 0 radical (unpaired) electrons. The number of nitrogens with one attached hydrogen (secondary N) is 1. The van der Waals surface area contributed by atoms with Crippen molar-refractivity contribution in [3.05, 3.63) is 17.5 Å². The number of amides is 1. The molecule has 2 N–H and O–H groups in total. The molecule has 0 aliphatic heterocycles. The first kappa shape index (κ1) is 14.2. The first-order chi connectivity index (χ1) is 8.43. The number of hydrogen-bond donors (Lipinski definition) is 2. The quantitative estimate of drug-likeness (QED) is 0.787. The van der Waals surface area contributed by atoms with Crippen LogP contribution in [0.15, 0.2) is 6.07 Å². The van der Waals surface area contributed by atoms with Gasteiger partial charge in [-0.2, -0.15) is 5.10 Å². The van der Waals surface area contributed by atoms with Crippen LogP contribution >= 0.6 is 0 Å². The number of carboxylic acid groups (broad SMARTS) is 1. The molecule has 18 heavy (non-hydrogen) atoms. The minimum absolute atomic E-state index is 0.228. The molecule has 1 unspecified atom stereocenters. The monoisotopic (exact) mass is 253 g/mol. The average Bonchev–Trinajstić information content (AvgIpc) is 2.61. The van der Waals surface area contributed by atoms with Crippen LogP contribution in [0.25, 0.3) is 0 Å². The Bertz CT molecular complexity index is 440. The Hall–Kier alpha value is -1.85. The molecule has 0 aliphatic carbocycles. The van der Waals surface area contributed by atoms with Crippen molar-refractivity contribution >= 4 is 11.9 Å². The summed E-state index contributed by atoms with van der Waals surface area (Å²) in [5.41, 5.74) is 1.90. The molecule has 6 heteroatoms. The van der Waals surface area contributed by atoms with Gasteiger partial charge in [-0.05, 0) is 26.3 Å². The summed E-state index contributed by atoms with van der Waals surface area (Å²) in [5, 5.41) is 15.5. The Morgan fingerprint density at radius 1 is 1.50 bits per heavy atom. The molecule has 0 aromatic carbocycles. The molecule has 100 valence electrons. The van der Waals surface area contributed by atoms with Crippen LogP contribution in [0, 0.1) is 13.8 Å². The topological polar surface area (TPSA) is 84.2 Å². The molecule has 0 spiro atoms. The molecule has 1 atom stereocenters. The van der Waals surface area contributed by atoms with Gasteiger partial charge in [0.15, 0.2) is 0 Å². The molecule has 1 amide bonds. The van der Waals surface area contributed by atoms with Gasteiger partial charge in [-0.1, -0.05) is 6.92 Å². The number of aromatic nitrogens is 2. The fraction of sp³-hybridized carbons (Fsp3) is 0.583. The molecule has 0 saturated carbocycles. The third-order valence-corrected chi connectivity index (χ3v) is 2.70. The van der Waals surface area contributed by atoms with Gasteiger partial charge in [-0.15, -0.1) is 0 Å². The zero-order chi connectivity index (χ0) is 13.7. The van der Waals surface area contributed by atoms with Crippen molar-refractivity contribution in [3.63, 3.8) is 0 Å². The summed E-state index contributed by atoms with van der Waals surface area (Å²) in [6.07, 6.45) is 0.604. The molecule has 1 rings (SSSR count). The normalized spacial score (nSPS) is 12.2. The van der Waals surface area contributed by atoms with Gasteiger partial charge in [-0.3, -0.25) is 9.48 Å². The van der Waals surface area contributed by atoms with Crippen molar-refractivity contribution < 1.29 is 14.7 Å². The summed E-state index contributed by atoms with van der Waals surface area (Å²) in [4.78, 5) is 22.4. The van der Waals surface area contributed by atoms with E-state index in [4.69, 9.17) is 5.11 Å². The van der Waals surface area contributed by atoms with E-state index in [0.717, 1.165) is 11.4 Å². The van der Waals surface area contributed by atoms with E-state index >= 15 is 0 Å². The molecule has 6 nitrogen and oxygen atoms in total. The van der Waals surface area contributed by atoms with Crippen LogP contribution in [-0.2, 0) is 16.1 Å². The highest BCUT2D eigenvalue weighted by Crippen LogP contribution is 2.03. The largest absolute Gasteiger partial charge is 0.480 e. The second-order valence-corrected chi connectivity index (χ2v) is 4.27. The van der Waals surface area contributed by atoms with Crippen molar-refractivity contribution in [2.75, 3.05) is 0 Å². The maximum absolute atomic E-state index is 11.6. The van der Waals surface area contributed by atoms with E-state index in [-0.39, 0.29) is 12.3 Å². The van der Waals surface area contributed by atoms with Crippen LogP contribution in [0.3, 0.4) is 0 Å². The lowest BCUT2D eigenvalue weighted by molar-refractivity contribution is -0.141. The van der Waals surface area contributed by atoms with Crippen molar-refractivity contribution in [3.8, 4) is 0 Å². The van der Waals surface area contributed by atoms with Crippen LogP contribution in [0.4, 0.5) is 0 Å². The van der Waals surface area contributed by atoms with Crippen LogP contribution in [0.5, 0.6) is 0 Å². The molecule has 1 aromatic rings. The predicted molar refractivity (Wildman–Crippen MR) is 66.2 cm³/mol. The van der Waals surface area contributed by atoms with Crippen LogP contribution in [0.1, 0.15) is 31.2 Å². The van der Waals surface area contributed by atoms with Gasteiger partial charge in [0.2, 0.25) is 5.91 Å². The van der Waals surface area contributed by atoms with E-state index in [0.29, 0.717) is 13.0 Å². The van der Waals surface area contributed by atoms with Crippen LogP contribution in [-0.4, -0.2) is 32.8 Å². The van der Waals surface area contributed by atoms with Gasteiger partial charge in [0, 0.05) is 18.7 Å². The van der Waals surface area contributed by atoms with Crippen LogP contribution in [0.2, 0.25) is 0 Å². The van der Waals surface area contributed by atoms with Crippen molar-refractivity contribution in [2.24, 2.45) is 0 Å². The summed E-state index contributed by atoms with van der Waals surface area (Å²) in [5.74, 6) is -1.27. The summed E-state index contributed by atoms with van der Waals surface area (Å²) >= 11 is 0. The number of nitrogens with zero attached hydrogens (tertiary/aromatic N) is 2. The third-order valence-electron chi connectivity index (χ3n) is 2.70. The molecule has 1 heterocycles. The van der Waals surface area contributed by atoms with E-state index < -0.39 is 12.0 Å². The Balaban J connectivity index is 2.46. The summed E-state index contributed by atoms with van der Waals surface area (Å²) in [6.45, 7) is 5.99. The number of aliphatic carboxylic acids is 1. The fourth-order valence-electron chi connectivity index (χ4n) is 1.71. The molecule has 0 saturated heterocycles. The minimum Gasteiger partial charge on any atom is -0.480 e. The highest BCUT2D eigenvalue weighted by atomic mass is 16.4. The SMILES string of the molecule is CCC(NC(=O)CCn1nc(C)cc1C)C(=O)O. The molecule has 0 aliphatic rings. The van der Waals surface area contributed by atoms with Gasteiger partial charge in [0.25, 0.3) is 0 Å². The number of hydrogen-bond acceptors (Lipinski definition) is 3. The van der Waals surface area contributed by atoms with E-state index in [9.17, 15) is 9.59 Å². The Morgan fingerprint density at radius 3 is 2.61 bits per heavy atom. The van der Waals surface area contributed by atoms with Gasteiger partial charge < -0.3 is 10.4 Å². The van der Waals surface area contributed by atoms with Gasteiger partial charge in [0.1, 0.15) is 6.04 Å². The lowest BCUT2D eigenvalue weighted by Gasteiger charge is -2.12. The zero-order valence-electron chi connectivity index (χ0n) is 10.9. The maximum atomic E-state index is 11.6. The second-order valence-electron chi connectivity index (χ2n) is 4.27. The van der Waals surface area contributed by atoms with Crippen LogP contribution < -0.4 is 5.32 Å². The molecule has 1 aromatic heterocycles. The number of carbonyl (C=O) groups excluding carboxylic acids is 1. The van der Waals surface area contributed by atoms with E-state index in [1.54, 1.807) is 11.6 Å². The smallest absolute Gasteiger partial charge is 0.326 e. The van der Waals surface area contributed by atoms with Gasteiger partial charge in [0.05, 0.1) is 5.69 Å². The number of aryl methyl sites for hydroxylation is 3. The van der Waals surface area contributed by atoms with Gasteiger partial charge in [-0.25, -0.2) is 4.79 Å². The van der Waals surface area contributed by atoms with E-state index in [1.807, 2.05) is 19.9 Å². The fourth-order valence-corrected chi connectivity index (χ4v) is 1.71. The highest BCUT2D eigenvalue weighted by molar-refractivity contribution is 5.83. The average molecular weight is 253 g/mol. The molecule has 0 bridgehead atoms. The summed E-state index contributed by atoms with van der Waals surface area (Å²) in [6, 6.07) is 1.13. The molecular weight excluding hydrogens is 234 g/mol. The first-order valence-electron chi connectivity index (χ1n) is 5.97.